The molecule has 0 aliphatic heterocycles. The molecule has 0 atom stereocenters. The summed E-state index contributed by atoms with van der Waals surface area (Å²) >= 11 is 0. The molecular weight excluding hydrogens is 332 g/mol. The summed E-state index contributed by atoms with van der Waals surface area (Å²) in [5.74, 6) is -0.00629. The van der Waals surface area contributed by atoms with Crippen LogP contribution >= 0.6 is 0 Å². The number of hydrazine groups is 1. The third kappa shape index (κ3) is 4.53. The first-order chi connectivity index (χ1) is 12.3. The van der Waals surface area contributed by atoms with Crippen LogP contribution < -0.4 is 20.3 Å². The van der Waals surface area contributed by atoms with E-state index in [0.29, 0.717) is 17.1 Å². The van der Waals surface area contributed by atoms with E-state index in [0.717, 1.165) is 5.56 Å². The Labute approximate surface area is 153 Å². The zero-order valence-corrected chi connectivity index (χ0v) is 15.7. The molecular formula is C20H24N2O4. The van der Waals surface area contributed by atoms with Crippen molar-refractivity contribution in [3.05, 3.63) is 59.2 Å². The normalized spacial score (nSPS) is 10.8. The second kappa shape index (κ2) is 7.91. The first-order valence-corrected chi connectivity index (χ1v) is 8.19. The van der Waals surface area contributed by atoms with Gasteiger partial charge in [0, 0.05) is 5.56 Å². The van der Waals surface area contributed by atoms with Gasteiger partial charge in [-0.15, -0.1) is 0 Å². The summed E-state index contributed by atoms with van der Waals surface area (Å²) in [5.41, 5.74) is 6.65. The molecule has 0 aliphatic carbocycles. The number of rotatable bonds is 4. The van der Waals surface area contributed by atoms with Crippen LogP contribution in [0.5, 0.6) is 11.5 Å². The van der Waals surface area contributed by atoms with Gasteiger partial charge in [0.1, 0.15) is 11.5 Å². The highest BCUT2D eigenvalue weighted by Crippen LogP contribution is 2.24. The van der Waals surface area contributed by atoms with Crippen molar-refractivity contribution < 1.29 is 19.1 Å². The molecule has 6 heteroatoms. The Morgan fingerprint density at radius 3 is 2.00 bits per heavy atom. The van der Waals surface area contributed by atoms with E-state index < -0.39 is 11.8 Å². The minimum Gasteiger partial charge on any atom is -0.497 e. The quantitative estimate of drug-likeness (QED) is 0.826. The fourth-order valence-electron chi connectivity index (χ4n) is 2.37. The van der Waals surface area contributed by atoms with Crippen LogP contribution in [0.15, 0.2) is 42.5 Å². The molecule has 6 nitrogen and oxygen atoms in total. The molecule has 0 saturated carbocycles. The van der Waals surface area contributed by atoms with E-state index in [2.05, 4.69) is 31.6 Å². The molecule has 0 heterocycles. The average Bonchev–Trinajstić information content (AvgIpc) is 2.64. The zero-order chi connectivity index (χ0) is 19.3. The van der Waals surface area contributed by atoms with E-state index in [4.69, 9.17) is 9.47 Å². The predicted octanol–water partition coefficient (Wildman–Crippen LogP) is 3.08. The summed E-state index contributed by atoms with van der Waals surface area (Å²) in [4.78, 5) is 24.6. The fourth-order valence-corrected chi connectivity index (χ4v) is 2.37. The predicted molar refractivity (Wildman–Crippen MR) is 99.6 cm³/mol. The summed E-state index contributed by atoms with van der Waals surface area (Å²) in [6, 6.07) is 12.1. The molecule has 2 aromatic carbocycles. The van der Waals surface area contributed by atoms with Crippen LogP contribution in [0, 0.1) is 0 Å². The highest BCUT2D eigenvalue weighted by atomic mass is 16.5. The topological polar surface area (TPSA) is 76.7 Å². The van der Waals surface area contributed by atoms with Gasteiger partial charge >= 0.3 is 0 Å². The molecule has 2 aromatic rings. The largest absolute Gasteiger partial charge is 0.497 e. The summed E-state index contributed by atoms with van der Waals surface area (Å²) < 4.78 is 10.3. The molecule has 0 aliphatic rings. The minimum atomic E-state index is -0.500. The van der Waals surface area contributed by atoms with Crippen molar-refractivity contribution in [2.75, 3.05) is 14.2 Å². The number of amides is 2. The van der Waals surface area contributed by atoms with Crippen molar-refractivity contribution in [1.82, 2.24) is 10.9 Å². The molecule has 0 unspecified atom stereocenters. The number of carbonyl (C=O) groups excluding carboxylic acids is 2. The molecule has 0 bridgehead atoms. The molecule has 138 valence electrons. The van der Waals surface area contributed by atoms with E-state index in [-0.39, 0.29) is 11.0 Å². The van der Waals surface area contributed by atoms with Crippen LogP contribution in [-0.2, 0) is 5.41 Å². The van der Waals surface area contributed by atoms with Crippen molar-refractivity contribution >= 4 is 11.8 Å². The average molecular weight is 356 g/mol. The monoisotopic (exact) mass is 356 g/mol. The first kappa shape index (κ1) is 19.3. The molecule has 0 radical (unpaired) electrons. The van der Waals surface area contributed by atoms with Gasteiger partial charge in [0.2, 0.25) is 0 Å². The molecule has 26 heavy (non-hydrogen) atoms. The highest BCUT2D eigenvalue weighted by molar-refractivity contribution is 6.00. The number of benzene rings is 2. The molecule has 2 amide bonds. The summed E-state index contributed by atoms with van der Waals surface area (Å²) in [6.07, 6.45) is 0. The molecule has 0 saturated heterocycles. The number of hydrogen-bond acceptors (Lipinski definition) is 4. The van der Waals surface area contributed by atoms with Crippen molar-refractivity contribution in [3.8, 4) is 11.5 Å². The summed E-state index contributed by atoms with van der Waals surface area (Å²) in [6.45, 7) is 6.30. The van der Waals surface area contributed by atoms with Gasteiger partial charge in [-0.25, -0.2) is 0 Å². The van der Waals surface area contributed by atoms with Crippen LogP contribution in [0.1, 0.15) is 47.1 Å². The first-order valence-electron chi connectivity index (χ1n) is 8.19. The highest BCUT2D eigenvalue weighted by Gasteiger charge is 2.16. The van der Waals surface area contributed by atoms with Crippen molar-refractivity contribution in [1.29, 1.82) is 0 Å². The van der Waals surface area contributed by atoms with Crippen LogP contribution in [0.25, 0.3) is 0 Å². The summed E-state index contributed by atoms with van der Waals surface area (Å²) in [7, 11) is 2.97. The van der Waals surface area contributed by atoms with Crippen LogP contribution in [-0.4, -0.2) is 26.0 Å². The van der Waals surface area contributed by atoms with Gasteiger partial charge in [0.05, 0.1) is 19.8 Å². The van der Waals surface area contributed by atoms with Gasteiger partial charge in [-0.05, 0) is 41.3 Å². The standard InChI is InChI=1S/C20H24N2O4/c1-20(2,3)14-8-6-13(7-9-14)18(23)21-22-19(24)16-12-15(25-4)10-11-17(16)26-5/h6-12H,1-5H3,(H,21,23)(H,22,24). The maximum Gasteiger partial charge on any atom is 0.273 e. The minimum absolute atomic E-state index is 0.00609. The van der Waals surface area contributed by atoms with Crippen LogP contribution in [0.3, 0.4) is 0 Å². The lowest BCUT2D eigenvalue weighted by atomic mass is 9.87. The Balaban J connectivity index is 2.06. The Hall–Kier alpha value is -3.02. The Morgan fingerprint density at radius 1 is 0.846 bits per heavy atom. The maximum atomic E-state index is 12.4. The van der Waals surface area contributed by atoms with Gasteiger partial charge < -0.3 is 9.47 Å². The number of carbonyl (C=O) groups is 2. The molecule has 0 spiro atoms. The lowest BCUT2D eigenvalue weighted by Crippen LogP contribution is -2.41. The van der Waals surface area contributed by atoms with E-state index >= 15 is 0 Å². The van der Waals surface area contributed by atoms with E-state index in [1.807, 2.05) is 12.1 Å². The fraction of sp³-hybridized carbons (Fsp3) is 0.300. The SMILES string of the molecule is COc1ccc(OC)c(C(=O)NNC(=O)c2ccc(C(C)(C)C)cc2)c1. The van der Waals surface area contributed by atoms with Gasteiger partial charge in [-0.3, -0.25) is 20.4 Å². The van der Waals surface area contributed by atoms with Crippen LogP contribution in [0.2, 0.25) is 0 Å². The lowest BCUT2D eigenvalue weighted by Gasteiger charge is -2.19. The van der Waals surface area contributed by atoms with E-state index in [1.54, 1.807) is 30.3 Å². The smallest absolute Gasteiger partial charge is 0.273 e. The lowest BCUT2D eigenvalue weighted by molar-refractivity contribution is 0.0844. The summed E-state index contributed by atoms with van der Waals surface area (Å²) in [5, 5.41) is 0. The van der Waals surface area contributed by atoms with Gasteiger partial charge in [0.25, 0.3) is 11.8 Å². The Bertz CT molecular complexity index is 792. The number of methoxy groups -OCH3 is 2. The van der Waals surface area contributed by atoms with Gasteiger partial charge in [-0.2, -0.15) is 0 Å². The third-order valence-corrected chi connectivity index (χ3v) is 3.95. The Morgan fingerprint density at radius 2 is 1.46 bits per heavy atom. The molecule has 2 N–H and O–H groups in total. The number of nitrogens with one attached hydrogen (secondary N) is 2. The van der Waals surface area contributed by atoms with Crippen molar-refractivity contribution in [2.24, 2.45) is 0 Å². The van der Waals surface area contributed by atoms with Crippen LogP contribution in [0.4, 0.5) is 0 Å². The van der Waals surface area contributed by atoms with E-state index in [9.17, 15) is 9.59 Å². The molecule has 0 aromatic heterocycles. The third-order valence-electron chi connectivity index (χ3n) is 3.95. The number of hydrogen-bond donors (Lipinski definition) is 2. The second-order valence-corrected chi connectivity index (χ2v) is 6.80. The van der Waals surface area contributed by atoms with E-state index in [1.165, 1.54) is 14.2 Å². The second-order valence-electron chi connectivity index (χ2n) is 6.80. The zero-order valence-electron chi connectivity index (χ0n) is 15.7. The van der Waals surface area contributed by atoms with Crippen molar-refractivity contribution in [3.63, 3.8) is 0 Å². The van der Waals surface area contributed by atoms with Gasteiger partial charge in [-0.1, -0.05) is 32.9 Å². The van der Waals surface area contributed by atoms with Crippen molar-refractivity contribution in [2.45, 2.75) is 26.2 Å². The maximum absolute atomic E-state index is 12.4. The number of ether oxygens (including phenoxy) is 2. The molecule has 2 rings (SSSR count). The van der Waals surface area contributed by atoms with Gasteiger partial charge in [0.15, 0.2) is 0 Å². The molecule has 0 fully saturated rings. The Kier molecular flexibility index (Phi) is 5.87.